The Labute approximate surface area is 75.7 Å². The molecule has 0 saturated heterocycles. The van der Waals surface area contributed by atoms with Gasteiger partial charge >= 0.3 is 6.18 Å². The summed E-state index contributed by atoms with van der Waals surface area (Å²) >= 11 is 0. The van der Waals surface area contributed by atoms with Crippen LogP contribution in [0.3, 0.4) is 0 Å². The lowest BCUT2D eigenvalue weighted by atomic mass is 9.85. The van der Waals surface area contributed by atoms with Crippen molar-refractivity contribution in [1.82, 2.24) is 4.90 Å². The van der Waals surface area contributed by atoms with Crippen molar-refractivity contribution in [3.63, 3.8) is 0 Å². The maximum absolute atomic E-state index is 12.5. The molecule has 0 aromatic heterocycles. The zero-order valence-electron chi connectivity index (χ0n) is 8.20. The third kappa shape index (κ3) is 2.14. The van der Waals surface area contributed by atoms with E-state index in [9.17, 15) is 18.0 Å². The van der Waals surface area contributed by atoms with Crippen LogP contribution in [0.1, 0.15) is 20.3 Å². The molecule has 0 saturated carbocycles. The average molecular weight is 197 g/mol. The largest absolute Gasteiger partial charge is 0.402 e. The van der Waals surface area contributed by atoms with Gasteiger partial charge in [-0.1, -0.05) is 6.92 Å². The third-order valence-corrected chi connectivity index (χ3v) is 2.21. The molecule has 0 N–H and O–H groups in total. The van der Waals surface area contributed by atoms with Crippen LogP contribution in [-0.2, 0) is 4.79 Å². The van der Waals surface area contributed by atoms with Gasteiger partial charge in [0.15, 0.2) is 0 Å². The first-order valence-corrected chi connectivity index (χ1v) is 3.95. The minimum Gasteiger partial charge on any atom is -0.348 e. The van der Waals surface area contributed by atoms with Crippen LogP contribution >= 0.6 is 0 Å². The molecule has 2 nitrogen and oxygen atoms in total. The first-order chi connectivity index (χ1) is 5.66. The average Bonchev–Trinajstić information content (AvgIpc) is 1.99. The number of hydrogen-bond acceptors (Lipinski definition) is 1. The minimum atomic E-state index is -4.48. The lowest BCUT2D eigenvalue weighted by Crippen LogP contribution is -2.47. The van der Waals surface area contributed by atoms with Gasteiger partial charge in [0.1, 0.15) is 5.41 Å². The Hall–Kier alpha value is -0.740. The van der Waals surface area contributed by atoms with Gasteiger partial charge in [-0.3, -0.25) is 4.79 Å². The smallest absolute Gasteiger partial charge is 0.348 e. The van der Waals surface area contributed by atoms with Gasteiger partial charge in [0.25, 0.3) is 0 Å². The van der Waals surface area contributed by atoms with Crippen molar-refractivity contribution in [2.24, 2.45) is 5.41 Å². The monoisotopic (exact) mass is 197 g/mol. The summed E-state index contributed by atoms with van der Waals surface area (Å²) in [5.74, 6) is -0.900. The van der Waals surface area contributed by atoms with E-state index in [0.717, 1.165) is 11.8 Å². The lowest BCUT2D eigenvalue weighted by Gasteiger charge is -2.31. The van der Waals surface area contributed by atoms with Crippen molar-refractivity contribution in [2.45, 2.75) is 26.4 Å². The third-order valence-electron chi connectivity index (χ3n) is 2.21. The SMILES string of the molecule is CCC(C)(C(=O)N(C)C)C(F)(F)F. The normalized spacial score (nSPS) is 16.5. The van der Waals surface area contributed by atoms with E-state index in [4.69, 9.17) is 0 Å². The predicted octanol–water partition coefficient (Wildman–Crippen LogP) is 2.05. The molecule has 0 spiro atoms. The summed E-state index contributed by atoms with van der Waals surface area (Å²) in [7, 11) is 2.64. The van der Waals surface area contributed by atoms with Crippen molar-refractivity contribution in [1.29, 1.82) is 0 Å². The van der Waals surface area contributed by atoms with Crippen molar-refractivity contribution in [3.05, 3.63) is 0 Å². The Morgan fingerprint density at radius 2 is 1.69 bits per heavy atom. The van der Waals surface area contributed by atoms with E-state index in [2.05, 4.69) is 0 Å². The Kier molecular flexibility index (Phi) is 3.35. The van der Waals surface area contributed by atoms with Crippen LogP contribution in [0.15, 0.2) is 0 Å². The molecule has 78 valence electrons. The highest BCUT2D eigenvalue weighted by Crippen LogP contribution is 2.41. The van der Waals surface area contributed by atoms with Crippen LogP contribution < -0.4 is 0 Å². The van der Waals surface area contributed by atoms with Crippen LogP contribution in [-0.4, -0.2) is 31.1 Å². The molecule has 0 heterocycles. The summed E-state index contributed by atoms with van der Waals surface area (Å²) in [6.45, 7) is 2.28. The van der Waals surface area contributed by atoms with E-state index in [-0.39, 0.29) is 6.42 Å². The van der Waals surface area contributed by atoms with Gasteiger partial charge < -0.3 is 4.90 Å². The van der Waals surface area contributed by atoms with E-state index >= 15 is 0 Å². The molecule has 0 radical (unpaired) electrons. The van der Waals surface area contributed by atoms with E-state index in [1.165, 1.54) is 21.0 Å². The van der Waals surface area contributed by atoms with Crippen molar-refractivity contribution in [3.8, 4) is 0 Å². The summed E-state index contributed by atoms with van der Waals surface area (Å²) in [6, 6.07) is 0. The van der Waals surface area contributed by atoms with Gasteiger partial charge in [0.05, 0.1) is 0 Å². The van der Waals surface area contributed by atoms with Gasteiger partial charge in [-0.2, -0.15) is 13.2 Å². The number of amides is 1. The predicted molar refractivity (Wildman–Crippen MR) is 43.1 cm³/mol. The second kappa shape index (κ2) is 3.55. The molecule has 0 bridgehead atoms. The molecule has 0 aliphatic rings. The number of halogens is 3. The Morgan fingerprint density at radius 3 is 1.77 bits per heavy atom. The van der Waals surface area contributed by atoms with Crippen molar-refractivity contribution >= 4 is 5.91 Å². The molecular formula is C8H14F3NO. The molecule has 1 atom stereocenters. The summed E-state index contributed by atoms with van der Waals surface area (Å²) in [5, 5.41) is 0. The number of alkyl halides is 3. The molecule has 0 fully saturated rings. The van der Waals surface area contributed by atoms with E-state index in [0.29, 0.717) is 0 Å². The first-order valence-electron chi connectivity index (χ1n) is 3.95. The van der Waals surface area contributed by atoms with Gasteiger partial charge in [0.2, 0.25) is 5.91 Å². The summed E-state index contributed by atoms with van der Waals surface area (Å²) < 4.78 is 37.4. The second-order valence-corrected chi connectivity index (χ2v) is 3.38. The molecule has 13 heavy (non-hydrogen) atoms. The molecule has 5 heteroatoms. The number of rotatable bonds is 2. The fraction of sp³-hybridized carbons (Fsp3) is 0.875. The summed E-state index contributed by atoms with van der Waals surface area (Å²) in [4.78, 5) is 12.2. The van der Waals surface area contributed by atoms with Crippen LogP contribution in [0.25, 0.3) is 0 Å². The topological polar surface area (TPSA) is 20.3 Å². The van der Waals surface area contributed by atoms with Crippen LogP contribution in [0.4, 0.5) is 13.2 Å². The second-order valence-electron chi connectivity index (χ2n) is 3.38. The fourth-order valence-electron chi connectivity index (χ4n) is 0.966. The van der Waals surface area contributed by atoms with Crippen molar-refractivity contribution in [2.75, 3.05) is 14.1 Å². The molecule has 0 aliphatic heterocycles. The molecular weight excluding hydrogens is 183 g/mol. The molecule has 0 aromatic carbocycles. The molecule has 1 unspecified atom stereocenters. The van der Waals surface area contributed by atoms with Crippen LogP contribution in [0.5, 0.6) is 0 Å². The quantitative estimate of drug-likeness (QED) is 0.663. The Bertz CT molecular complexity index is 200. The van der Waals surface area contributed by atoms with Gasteiger partial charge in [-0.05, 0) is 13.3 Å². The van der Waals surface area contributed by atoms with E-state index in [1.54, 1.807) is 0 Å². The molecule has 0 rings (SSSR count). The maximum Gasteiger partial charge on any atom is 0.402 e. The minimum absolute atomic E-state index is 0.243. The zero-order valence-corrected chi connectivity index (χ0v) is 8.20. The maximum atomic E-state index is 12.5. The summed E-state index contributed by atoms with van der Waals surface area (Å²) in [6.07, 6.45) is -4.73. The van der Waals surface area contributed by atoms with Crippen LogP contribution in [0, 0.1) is 5.41 Å². The number of nitrogens with zero attached hydrogens (tertiary/aromatic N) is 1. The lowest BCUT2D eigenvalue weighted by molar-refractivity contribution is -0.222. The van der Waals surface area contributed by atoms with Gasteiger partial charge in [-0.25, -0.2) is 0 Å². The zero-order chi connectivity index (χ0) is 10.9. The van der Waals surface area contributed by atoms with Crippen LogP contribution in [0.2, 0.25) is 0 Å². The standard InChI is InChI=1S/C8H14F3NO/c1-5-7(2,8(9,10)11)6(13)12(3)4/h5H2,1-4H3. The van der Waals surface area contributed by atoms with E-state index < -0.39 is 17.5 Å². The van der Waals surface area contributed by atoms with Gasteiger partial charge in [0, 0.05) is 14.1 Å². The van der Waals surface area contributed by atoms with E-state index in [1.807, 2.05) is 0 Å². The molecule has 0 aromatic rings. The number of hydrogen-bond donors (Lipinski definition) is 0. The van der Waals surface area contributed by atoms with Crippen molar-refractivity contribution < 1.29 is 18.0 Å². The number of carbonyl (C=O) groups is 1. The summed E-state index contributed by atoms with van der Waals surface area (Å²) in [5.41, 5.74) is -2.25. The molecule has 0 aliphatic carbocycles. The van der Waals surface area contributed by atoms with Gasteiger partial charge in [-0.15, -0.1) is 0 Å². The first kappa shape index (κ1) is 12.3. The highest BCUT2D eigenvalue weighted by molar-refractivity contribution is 5.82. The molecule has 1 amide bonds. The fourth-order valence-corrected chi connectivity index (χ4v) is 0.966. The number of carbonyl (C=O) groups excluding carboxylic acids is 1. The Morgan fingerprint density at radius 1 is 1.31 bits per heavy atom. The highest BCUT2D eigenvalue weighted by atomic mass is 19.4. The Balaban J connectivity index is 4.96. The highest BCUT2D eigenvalue weighted by Gasteiger charge is 2.55.